The molecular weight excluding hydrogens is 312 g/mol. The van der Waals surface area contributed by atoms with E-state index >= 15 is 0 Å². The van der Waals surface area contributed by atoms with E-state index < -0.39 is 0 Å². The van der Waals surface area contributed by atoms with Gasteiger partial charge >= 0.3 is 0 Å². The molecule has 0 aliphatic carbocycles. The van der Waals surface area contributed by atoms with Gasteiger partial charge in [-0.3, -0.25) is 14.7 Å². The van der Waals surface area contributed by atoms with Crippen LogP contribution in [0, 0.1) is 12.8 Å². The van der Waals surface area contributed by atoms with Crippen molar-refractivity contribution in [3.05, 3.63) is 59.7 Å². The standard InChI is InChI=1S/C20H26N4O/c1-16-4-2-6-19(23-16)20(25)22-12-9-17-5-3-13-24(14-17)15-18-7-10-21-11-8-18/h2,4,6-8,10-11,17H,3,5,9,12-15H2,1H3,(H,22,25)/t17-/m1/s1. The number of nitrogens with one attached hydrogen (secondary N) is 1. The maximum atomic E-state index is 12.2. The van der Waals surface area contributed by atoms with Gasteiger partial charge in [0.2, 0.25) is 0 Å². The third-order valence-corrected chi connectivity index (χ3v) is 4.72. The predicted molar refractivity (Wildman–Crippen MR) is 98.2 cm³/mol. The first-order valence-corrected chi connectivity index (χ1v) is 9.04. The monoisotopic (exact) mass is 338 g/mol. The first-order chi connectivity index (χ1) is 12.2. The highest BCUT2D eigenvalue weighted by atomic mass is 16.1. The molecule has 3 heterocycles. The second-order valence-electron chi connectivity index (χ2n) is 6.81. The minimum absolute atomic E-state index is 0.0758. The summed E-state index contributed by atoms with van der Waals surface area (Å²) in [5.41, 5.74) is 2.68. The predicted octanol–water partition coefficient (Wildman–Crippen LogP) is 2.82. The van der Waals surface area contributed by atoms with E-state index in [2.05, 4.69) is 32.3 Å². The molecule has 0 unspecified atom stereocenters. The van der Waals surface area contributed by atoms with Gasteiger partial charge < -0.3 is 5.32 Å². The van der Waals surface area contributed by atoms with Crippen LogP contribution in [0.3, 0.4) is 0 Å². The van der Waals surface area contributed by atoms with E-state index in [1.807, 2.05) is 31.5 Å². The van der Waals surface area contributed by atoms with Crippen LogP contribution in [0.15, 0.2) is 42.7 Å². The molecule has 3 rings (SSSR count). The van der Waals surface area contributed by atoms with Crippen LogP contribution in [0.25, 0.3) is 0 Å². The van der Waals surface area contributed by atoms with Crippen molar-refractivity contribution in [1.82, 2.24) is 20.2 Å². The fourth-order valence-electron chi connectivity index (χ4n) is 3.43. The van der Waals surface area contributed by atoms with Crippen molar-refractivity contribution >= 4 is 5.91 Å². The van der Waals surface area contributed by atoms with E-state index in [-0.39, 0.29) is 5.91 Å². The Bertz CT molecular complexity index is 689. The minimum atomic E-state index is -0.0758. The fraction of sp³-hybridized carbons (Fsp3) is 0.450. The van der Waals surface area contributed by atoms with Crippen LogP contribution in [-0.4, -0.2) is 40.4 Å². The number of amides is 1. The van der Waals surface area contributed by atoms with Crippen molar-refractivity contribution in [2.24, 2.45) is 5.92 Å². The Morgan fingerprint density at radius 3 is 2.92 bits per heavy atom. The molecular formula is C20H26N4O. The van der Waals surface area contributed by atoms with E-state index in [9.17, 15) is 4.79 Å². The van der Waals surface area contributed by atoms with Crippen LogP contribution < -0.4 is 5.32 Å². The molecule has 132 valence electrons. The third-order valence-electron chi connectivity index (χ3n) is 4.72. The molecule has 25 heavy (non-hydrogen) atoms. The lowest BCUT2D eigenvalue weighted by Gasteiger charge is -2.32. The molecule has 0 spiro atoms. The second kappa shape index (κ2) is 8.72. The zero-order valence-electron chi connectivity index (χ0n) is 14.8. The van der Waals surface area contributed by atoms with Crippen LogP contribution in [0.5, 0.6) is 0 Å². The van der Waals surface area contributed by atoms with Gasteiger partial charge in [0.1, 0.15) is 5.69 Å². The van der Waals surface area contributed by atoms with Crippen molar-refractivity contribution < 1.29 is 4.79 Å². The van der Waals surface area contributed by atoms with Gasteiger partial charge in [-0.25, -0.2) is 4.98 Å². The largest absolute Gasteiger partial charge is 0.351 e. The first-order valence-electron chi connectivity index (χ1n) is 9.04. The van der Waals surface area contributed by atoms with Gasteiger partial charge in [0.25, 0.3) is 5.91 Å². The van der Waals surface area contributed by atoms with E-state index in [1.54, 1.807) is 6.07 Å². The average molecular weight is 338 g/mol. The molecule has 2 aromatic rings. The zero-order valence-corrected chi connectivity index (χ0v) is 14.8. The Morgan fingerprint density at radius 2 is 2.12 bits per heavy atom. The van der Waals surface area contributed by atoms with Crippen LogP contribution >= 0.6 is 0 Å². The summed E-state index contributed by atoms with van der Waals surface area (Å²) in [6.45, 7) is 5.84. The number of carbonyl (C=O) groups excluding carboxylic acids is 1. The van der Waals surface area contributed by atoms with E-state index in [0.29, 0.717) is 18.2 Å². The summed E-state index contributed by atoms with van der Waals surface area (Å²) in [6, 6.07) is 9.70. The Morgan fingerprint density at radius 1 is 1.28 bits per heavy atom. The van der Waals surface area contributed by atoms with Gasteiger partial charge in [-0.2, -0.15) is 0 Å². The molecule has 5 nitrogen and oxygen atoms in total. The van der Waals surface area contributed by atoms with Gasteiger partial charge in [0.15, 0.2) is 0 Å². The lowest BCUT2D eigenvalue weighted by molar-refractivity contribution is 0.0941. The highest BCUT2D eigenvalue weighted by Gasteiger charge is 2.20. The lowest BCUT2D eigenvalue weighted by atomic mass is 9.94. The summed E-state index contributed by atoms with van der Waals surface area (Å²) < 4.78 is 0. The van der Waals surface area contributed by atoms with Gasteiger partial charge in [-0.05, 0) is 68.5 Å². The van der Waals surface area contributed by atoms with Crippen LogP contribution in [0.4, 0.5) is 0 Å². The summed E-state index contributed by atoms with van der Waals surface area (Å²) in [5, 5.41) is 3.01. The molecule has 0 radical (unpaired) electrons. The summed E-state index contributed by atoms with van der Waals surface area (Å²) >= 11 is 0. The molecule has 2 aromatic heterocycles. The van der Waals surface area contributed by atoms with Crippen LogP contribution in [-0.2, 0) is 6.54 Å². The highest BCUT2D eigenvalue weighted by Crippen LogP contribution is 2.20. The van der Waals surface area contributed by atoms with Crippen LogP contribution in [0.1, 0.15) is 41.0 Å². The Labute approximate surface area is 149 Å². The molecule has 0 aromatic carbocycles. The summed E-state index contributed by atoms with van der Waals surface area (Å²) in [5.74, 6) is 0.564. The SMILES string of the molecule is Cc1cccc(C(=O)NCC[C@H]2CCCN(Cc3ccncc3)C2)n1. The Kier molecular flexibility index (Phi) is 6.12. The Balaban J connectivity index is 1.43. The number of nitrogens with zero attached hydrogens (tertiary/aromatic N) is 3. The molecule has 1 aliphatic heterocycles. The molecule has 1 aliphatic rings. The van der Waals surface area contributed by atoms with Crippen LogP contribution in [0.2, 0.25) is 0 Å². The molecule has 1 saturated heterocycles. The summed E-state index contributed by atoms with van der Waals surface area (Å²) in [4.78, 5) is 23.0. The molecule has 1 amide bonds. The number of aromatic nitrogens is 2. The third kappa shape index (κ3) is 5.36. The Hall–Kier alpha value is -2.27. The zero-order chi connectivity index (χ0) is 17.5. The number of aryl methyl sites for hydroxylation is 1. The van der Waals surface area contributed by atoms with E-state index in [1.165, 1.54) is 18.4 Å². The molecule has 0 saturated carbocycles. The van der Waals surface area contributed by atoms with Gasteiger partial charge in [-0.15, -0.1) is 0 Å². The number of carbonyl (C=O) groups is 1. The number of likely N-dealkylation sites (tertiary alicyclic amines) is 1. The molecule has 5 heteroatoms. The average Bonchev–Trinajstić information content (AvgIpc) is 2.63. The number of pyridine rings is 2. The maximum Gasteiger partial charge on any atom is 0.269 e. The van der Waals surface area contributed by atoms with Crippen molar-refractivity contribution in [3.8, 4) is 0 Å². The van der Waals surface area contributed by atoms with Crippen molar-refractivity contribution in [3.63, 3.8) is 0 Å². The molecule has 1 atom stereocenters. The van der Waals surface area contributed by atoms with Gasteiger partial charge in [-0.1, -0.05) is 6.07 Å². The number of rotatable bonds is 6. The lowest BCUT2D eigenvalue weighted by Crippen LogP contribution is -2.36. The van der Waals surface area contributed by atoms with Crippen molar-refractivity contribution in [2.75, 3.05) is 19.6 Å². The smallest absolute Gasteiger partial charge is 0.269 e. The maximum absolute atomic E-state index is 12.2. The minimum Gasteiger partial charge on any atom is -0.351 e. The molecule has 0 bridgehead atoms. The van der Waals surface area contributed by atoms with Crippen molar-refractivity contribution in [1.29, 1.82) is 0 Å². The highest BCUT2D eigenvalue weighted by molar-refractivity contribution is 5.92. The van der Waals surface area contributed by atoms with E-state index in [0.717, 1.165) is 31.7 Å². The number of hydrogen-bond donors (Lipinski definition) is 1. The van der Waals surface area contributed by atoms with Gasteiger partial charge in [0.05, 0.1) is 0 Å². The summed E-state index contributed by atoms with van der Waals surface area (Å²) in [6.07, 6.45) is 7.19. The normalized spacial score (nSPS) is 18.0. The molecule has 1 N–H and O–H groups in total. The topological polar surface area (TPSA) is 58.1 Å². The first kappa shape index (κ1) is 17.5. The summed E-state index contributed by atoms with van der Waals surface area (Å²) in [7, 11) is 0. The number of piperidine rings is 1. The van der Waals surface area contributed by atoms with Gasteiger partial charge in [0, 0.05) is 37.7 Å². The molecule has 1 fully saturated rings. The number of hydrogen-bond acceptors (Lipinski definition) is 4. The second-order valence-corrected chi connectivity index (χ2v) is 6.81. The van der Waals surface area contributed by atoms with Crippen molar-refractivity contribution in [2.45, 2.75) is 32.7 Å². The quantitative estimate of drug-likeness (QED) is 0.880. The fourth-order valence-corrected chi connectivity index (χ4v) is 3.43. The van der Waals surface area contributed by atoms with E-state index in [4.69, 9.17) is 0 Å².